The van der Waals surface area contributed by atoms with E-state index in [1.165, 1.54) is 35.2 Å². The average molecular weight is 382 g/mol. The van der Waals surface area contributed by atoms with E-state index >= 15 is 0 Å². The van der Waals surface area contributed by atoms with E-state index in [1.807, 2.05) is 12.1 Å². The topological polar surface area (TPSA) is 28.2 Å². The van der Waals surface area contributed by atoms with Crippen LogP contribution in [0.1, 0.15) is 44.4 Å². The molecule has 0 atom stereocenters. The van der Waals surface area contributed by atoms with E-state index in [0.717, 1.165) is 56.0 Å². The molecule has 5 heteroatoms. The van der Waals surface area contributed by atoms with Crippen molar-refractivity contribution in [1.82, 2.24) is 9.88 Å². The van der Waals surface area contributed by atoms with Crippen LogP contribution in [0.25, 0.3) is 10.9 Å². The summed E-state index contributed by atoms with van der Waals surface area (Å²) in [5.74, 6) is 0. The fraction of sp³-hybridized carbons (Fsp3) is 0.550. The second kappa shape index (κ2) is 9.61. The van der Waals surface area contributed by atoms with Crippen molar-refractivity contribution in [3.8, 4) is 0 Å². The predicted molar refractivity (Wildman–Crippen MR) is 112 cm³/mol. The van der Waals surface area contributed by atoms with Crippen LogP contribution in [0.4, 0.5) is 5.69 Å². The van der Waals surface area contributed by atoms with Crippen LogP contribution in [0, 0.1) is 0 Å². The molecule has 25 heavy (non-hydrogen) atoms. The van der Waals surface area contributed by atoms with Gasteiger partial charge in [-0.25, -0.2) is 0 Å². The first-order valence-electron chi connectivity index (χ1n) is 9.30. The van der Waals surface area contributed by atoms with Gasteiger partial charge in [-0.15, -0.1) is 12.4 Å². The first kappa shape index (κ1) is 20.3. The van der Waals surface area contributed by atoms with Crippen molar-refractivity contribution in [3.63, 3.8) is 0 Å². The fourth-order valence-corrected chi connectivity index (χ4v) is 3.82. The van der Waals surface area contributed by atoms with Gasteiger partial charge in [-0.1, -0.05) is 25.4 Å². The Morgan fingerprint density at radius 3 is 2.68 bits per heavy atom. The number of nitrogens with zero attached hydrogens (tertiary/aromatic N) is 2. The molecule has 1 aromatic heterocycles. The number of aryl methyl sites for hydroxylation is 1. The number of pyridine rings is 1. The molecule has 138 valence electrons. The molecule has 0 aliphatic heterocycles. The van der Waals surface area contributed by atoms with Crippen LogP contribution in [0.2, 0.25) is 5.02 Å². The second-order valence-corrected chi connectivity index (χ2v) is 7.02. The van der Waals surface area contributed by atoms with Crippen molar-refractivity contribution >= 4 is 40.6 Å². The molecule has 0 amide bonds. The monoisotopic (exact) mass is 381 g/mol. The van der Waals surface area contributed by atoms with Crippen LogP contribution in [0.15, 0.2) is 18.2 Å². The summed E-state index contributed by atoms with van der Waals surface area (Å²) in [4.78, 5) is 7.36. The fourth-order valence-electron chi connectivity index (χ4n) is 3.66. The molecule has 2 aromatic rings. The van der Waals surface area contributed by atoms with Crippen molar-refractivity contribution in [1.29, 1.82) is 0 Å². The minimum atomic E-state index is 0. The molecule has 1 aromatic carbocycles. The maximum absolute atomic E-state index is 6.18. The summed E-state index contributed by atoms with van der Waals surface area (Å²) >= 11 is 6.18. The molecular formula is C20H29Cl2N3. The molecule has 0 saturated carbocycles. The van der Waals surface area contributed by atoms with Crippen LogP contribution in [0.5, 0.6) is 0 Å². The maximum atomic E-state index is 6.18. The zero-order valence-electron chi connectivity index (χ0n) is 15.3. The third-order valence-electron chi connectivity index (χ3n) is 5.07. The van der Waals surface area contributed by atoms with Gasteiger partial charge in [0.2, 0.25) is 0 Å². The number of aromatic nitrogens is 1. The average Bonchev–Trinajstić information content (AvgIpc) is 2.60. The highest BCUT2D eigenvalue weighted by Gasteiger charge is 2.18. The highest BCUT2D eigenvalue weighted by atomic mass is 35.5. The molecule has 3 rings (SSSR count). The Balaban J connectivity index is 0.00000225. The third-order valence-corrected chi connectivity index (χ3v) is 5.31. The summed E-state index contributed by atoms with van der Waals surface area (Å²) in [7, 11) is 0. The van der Waals surface area contributed by atoms with Gasteiger partial charge in [0.1, 0.15) is 0 Å². The van der Waals surface area contributed by atoms with Crippen molar-refractivity contribution in [2.45, 2.75) is 46.0 Å². The predicted octanol–water partition coefficient (Wildman–Crippen LogP) is 5.33. The van der Waals surface area contributed by atoms with Crippen molar-refractivity contribution in [2.24, 2.45) is 0 Å². The van der Waals surface area contributed by atoms with Crippen molar-refractivity contribution in [3.05, 3.63) is 34.5 Å². The maximum Gasteiger partial charge on any atom is 0.0741 e. The van der Waals surface area contributed by atoms with Gasteiger partial charge in [-0.3, -0.25) is 4.98 Å². The molecule has 1 N–H and O–H groups in total. The Kier molecular flexibility index (Phi) is 7.80. The Labute approximate surface area is 162 Å². The van der Waals surface area contributed by atoms with Gasteiger partial charge in [0, 0.05) is 28.3 Å². The van der Waals surface area contributed by atoms with E-state index in [4.69, 9.17) is 16.6 Å². The minimum Gasteiger partial charge on any atom is -0.384 e. The Bertz CT molecular complexity index is 699. The van der Waals surface area contributed by atoms with Crippen molar-refractivity contribution < 1.29 is 0 Å². The molecule has 0 saturated heterocycles. The molecule has 0 spiro atoms. The van der Waals surface area contributed by atoms with E-state index in [2.05, 4.69) is 30.1 Å². The highest BCUT2D eigenvalue weighted by Crippen LogP contribution is 2.34. The summed E-state index contributed by atoms with van der Waals surface area (Å²) in [6.07, 6.45) is 5.90. The summed E-state index contributed by atoms with van der Waals surface area (Å²) < 4.78 is 0. The van der Waals surface area contributed by atoms with Gasteiger partial charge in [-0.2, -0.15) is 0 Å². The molecule has 0 radical (unpaired) electrons. The second-order valence-electron chi connectivity index (χ2n) is 6.59. The van der Waals surface area contributed by atoms with Crippen LogP contribution < -0.4 is 5.32 Å². The number of nitrogens with one attached hydrogen (secondary N) is 1. The summed E-state index contributed by atoms with van der Waals surface area (Å²) in [6.45, 7) is 8.87. The lowest BCUT2D eigenvalue weighted by atomic mass is 9.92. The number of hydrogen-bond donors (Lipinski definition) is 1. The number of anilines is 1. The number of hydrogen-bond acceptors (Lipinski definition) is 3. The van der Waals surface area contributed by atoms with Gasteiger partial charge in [0.15, 0.2) is 0 Å². The lowest BCUT2D eigenvalue weighted by Crippen LogP contribution is -2.25. The van der Waals surface area contributed by atoms with Crippen LogP contribution in [0.3, 0.4) is 0 Å². The summed E-state index contributed by atoms with van der Waals surface area (Å²) in [5, 5.41) is 5.70. The highest BCUT2D eigenvalue weighted by molar-refractivity contribution is 6.31. The number of halogens is 2. The third kappa shape index (κ3) is 4.78. The quantitative estimate of drug-likeness (QED) is 0.656. The zero-order chi connectivity index (χ0) is 16.9. The zero-order valence-corrected chi connectivity index (χ0v) is 16.8. The largest absolute Gasteiger partial charge is 0.384 e. The SMILES string of the molecule is CCN(CC)CCCNc1c2c(nc3cc(Cl)ccc13)CCCC2.Cl. The van der Waals surface area contributed by atoms with Gasteiger partial charge in [0.05, 0.1) is 5.52 Å². The number of fused-ring (bicyclic) bond motifs is 2. The van der Waals surface area contributed by atoms with Crippen LogP contribution >= 0.6 is 24.0 Å². The van der Waals surface area contributed by atoms with Gasteiger partial charge in [-0.05, 0) is 75.5 Å². The van der Waals surface area contributed by atoms with Crippen molar-refractivity contribution in [2.75, 3.05) is 31.5 Å². The molecule has 1 aliphatic carbocycles. The van der Waals surface area contributed by atoms with E-state index in [1.54, 1.807) is 0 Å². The molecule has 0 unspecified atom stereocenters. The minimum absolute atomic E-state index is 0. The van der Waals surface area contributed by atoms with Gasteiger partial charge in [0.25, 0.3) is 0 Å². The smallest absolute Gasteiger partial charge is 0.0741 e. The first-order valence-corrected chi connectivity index (χ1v) is 9.68. The molecule has 0 fully saturated rings. The van der Waals surface area contributed by atoms with Crippen LogP contribution in [-0.4, -0.2) is 36.1 Å². The Morgan fingerprint density at radius 1 is 1.16 bits per heavy atom. The molecule has 0 bridgehead atoms. The number of benzene rings is 1. The van der Waals surface area contributed by atoms with E-state index in [-0.39, 0.29) is 12.4 Å². The molecule has 3 nitrogen and oxygen atoms in total. The molecule has 1 heterocycles. The lowest BCUT2D eigenvalue weighted by Gasteiger charge is -2.23. The summed E-state index contributed by atoms with van der Waals surface area (Å²) in [5.41, 5.74) is 5.02. The van der Waals surface area contributed by atoms with E-state index < -0.39 is 0 Å². The normalized spacial score (nSPS) is 13.6. The standard InChI is InChI=1S/C20H28ClN3.ClH/c1-3-24(4-2)13-7-12-22-20-16-8-5-6-9-18(16)23-19-14-15(21)10-11-17(19)20;/h10-11,14H,3-9,12-13H2,1-2H3,(H,22,23);1H. The van der Waals surface area contributed by atoms with E-state index in [0.29, 0.717) is 0 Å². The van der Waals surface area contributed by atoms with E-state index in [9.17, 15) is 0 Å². The van der Waals surface area contributed by atoms with Crippen LogP contribution in [-0.2, 0) is 12.8 Å². The summed E-state index contributed by atoms with van der Waals surface area (Å²) in [6, 6.07) is 6.08. The van der Waals surface area contributed by atoms with Gasteiger partial charge >= 0.3 is 0 Å². The molecule has 1 aliphatic rings. The van der Waals surface area contributed by atoms with Gasteiger partial charge < -0.3 is 10.2 Å². The lowest BCUT2D eigenvalue weighted by molar-refractivity contribution is 0.303. The first-order chi connectivity index (χ1) is 11.7. The Morgan fingerprint density at radius 2 is 1.92 bits per heavy atom. The number of rotatable bonds is 7. The molecular weight excluding hydrogens is 353 g/mol. The Hall–Kier alpha value is -1.03.